The van der Waals surface area contributed by atoms with Crippen molar-refractivity contribution < 1.29 is 9.13 Å². The topological polar surface area (TPSA) is 84.8 Å². The van der Waals surface area contributed by atoms with Crippen LogP contribution in [-0.4, -0.2) is 9.97 Å². The Labute approximate surface area is 115 Å². The van der Waals surface area contributed by atoms with Gasteiger partial charge in [0.25, 0.3) is 0 Å². The highest BCUT2D eigenvalue weighted by Gasteiger charge is 2.14. The fraction of sp³-hybridized carbons (Fsp3) is 0.214. The zero-order chi connectivity index (χ0) is 14.7. The molecule has 0 aliphatic heterocycles. The number of hydrogen-bond acceptors (Lipinski definition) is 5. The first-order valence-corrected chi connectivity index (χ1v) is 6.06. The minimum atomic E-state index is -0.639. The van der Waals surface area contributed by atoms with Gasteiger partial charge in [0, 0.05) is 6.42 Å². The lowest BCUT2D eigenvalue weighted by molar-refractivity contribution is 0.449. The maximum absolute atomic E-state index is 13.5. The van der Waals surface area contributed by atoms with E-state index in [1.807, 2.05) is 6.92 Å². The van der Waals surface area contributed by atoms with Gasteiger partial charge in [-0.3, -0.25) is 0 Å². The van der Waals surface area contributed by atoms with Gasteiger partial charge in [-0.25, -0.2) is 9.37 Å². The number of nitrogens with two attached hydrogens (primary N) is 1. The zero-order valence-electron chi connectivity index (χ0n) is 11.1. The van der Waals surface area contributed by atoms with Gasteiger partial charge in [-0.05, 0) is 19.1 Å². The van der Waals surface area contributed by atoms with Crippen molar-refractivity contribution in [1.29, 1.82) is 5.26 Å². The summed E-state index contributed by atoms with van der Waals surface area (Å²) >= 11 is 0. The Morgan fingerprint density at radius 2 is 2.15 bits per heavy atom. The summed E-state index contributed by atoms with van der Waals surface area (Å²) in [5.74, 6) is 0.535. The van der Waals surface area contributed by atoms with Gasteiger partial charge in [-0.15, -0.1) is 0 Å². The number of hydrogen-bond donors (Lipinski definition) is 1. The lowest BCUT2D eigenvalue weighted by Gasteiger charge is -2.11. The van der Waals surface area contributed by atoms with Crippen molar-refractivity contribution >= 4 is 5.82 Å². The number of benzene rings is 1. The standard InChI is InChI=1S/C14H13FN4O/c1-3-12-18-13(17)8(2)14(19-12)20-11-6-4-5-10(15)9(11)7-16/h4-6H,3H2,1-2H3,(H2,17,18,19). The van der Waals surface area contributed by atoms with Crippen molar-refractivity contribution in [2.75, 3.05) is 5.73 Å². The molecule has 0 saturated carbocycles. The largest absolute Gasteiger partial charge is 0.437 e. The maximum Gasteiger partial charge on any atom is 0.227 e. The summed E-state index contributed by atoms with van der Waals surface area (Å²) in [7, 11) is 0. The molecule has 1 heterocycles. The second-order valence-electron chi connectivity index (χ2n) is 4.14. The van der Waals surface area contributed by atoms with E-state index in [2.05, 4.69) is 9.97 Å². The van der Waals surface area contributed by atoms with Gasteiger partial charge in [-0.1, -0.05) is 13.0 Å². The first-order valence-electron chi connectivity index (χ1n) is 6.06. The SMILES string of the molecule is CCc1nc(N)c(C)c(Oc2cccc(F)c2C#N)n1. The predicted molar refractivity (Wildman–Crippen MR) is 71.7 cm³/mol. The minimum absolute atomic E-state index is 0.107. The second-order valence-corrected chi connectivity index (χ2v) is 4.14. The summed E-state index contributed by atoms with van der Waals surface area (Å²) in [5, 5.41) is 8.97. The first kappa shape index (κ1) is 13.7. The number of nitriles is 1. The third kappa shape index (κ3) is 2.52. The van der Waals surface area contributed by atoms with Crippen LogP contribution >= 0.6 is 0 Å². The molecule has 0 bridgehead atoms. The molecular formula is C14H13FN4O. The van der Waals surface area contributed by atoms with E-state index >= 15 is 0 Å². The zero-order valence-corrected chi connectivity index (χ0v) is 11.1. The van der Waals surface area contributed by atoms with E-state index in [9.17, 15) is 4.39 Å². The molecule has 1 aromatic heterocycles. The molecule has 102 valence electrons. The van der Waals surface area contributed by atoms with Crippen molar-refractivity contribution in [1.82, 2.24) is 9.97 Å². The summed E-state index contributed by atoms with van der Waals surface area (Å²) in [5.41, 5.74) is 6.17. The highest BCUT2D eigenvalue weighted by Crippen LogP contribution is 2.29. The van der Waals surface area contributed by atoms with Crippen LogP contribution in [0.2, 0.25) is 0 Å². The number of rotatable bonds is 3. The highest BCUT2D eigenvalue weighted by molar-refractivity contribution is 5.49. The van der Waals surface area contributed by atoms with Crippen molar-refractivity contribution in [3.05, 3.63) is 41.0 Å². The van der Waals surface area contributed by atoms with Crippen LogP contribution in [0, 0.1) is 24.1 Å². The Morgan fingerprint density at radius 3 is 2.80 bits per heavy atom. The first-order chi connectivity index (χ1) is 9.56. The summed E-state index contributed by atoms with van der Waals surface area (Å²) < 4.78 is 19.1. The van der Waals surface area contributed by atoms with Crippen molar-refractivity contribution in [3.8, 4) is 17.7 Å². The third-order valence-corrected chi connectivity index (χ3v) is 2.80. The predicted octanol–water partition coefficient (Wildman–Crippen LogP) is 2.73. The van der Waals surface area contributed by atoms with Crippen LogP contribution in [0.5, 0.6) is 11.6 Å². The van der Waals surface area contributed by atoms with Crippen LogP contribution in [0.3, 0.4) is 0 Å². The molecule has 20 heavy (non-hydrogen) atoms. The number of nitrogen functional groups attached to an aromatic ring is 1. The van der Waals surface area contributed by atoms with E-state index in [1.54, 1.807) is 13.0 Å². The number of nitrogens with zero attached hydrogens (tertiary/aromatic N) is 3. The molecule has 0 amide bonds. The van der Waals surface area contributed by atoms with Gasteiger partial charge in [0.2, 0.25) is 5.88 Å². The number of anilines is 1. The fourth-order valence-corrected chi connectivity index (χ4v) is 1.62. The lowest BCUT2D eigenvalue weighted by atomic mass is 10.2. The van der Waals surface area contributed by atoms with Crippen LogP contribution in [-0.2, 0) is 6.42 Å². The average Bonchev–Trinajstić information content (AvgIpc) is 2.43. The van der Waals surface area contributed by atoms with Crippen LogP contribution in [0.15, 0.2) is 18.2 Å². The molecule has 2 aromatic rings. The number of aryl methyl sites for hydroxylation is 1. The van der Waals surface area contributed by atoms with Gasteiger partial charge >= 0.3 is 0 Å². The average molecular weight is 272 g/mol. The molecule has 6 heteroatoms. The quantitative estimate of drug-likeness (QED) is 0.928. The molecule has 0 radical (unpaired) electrons. The van der Waals surface area contributed by atoms with Crippen LogP contribution in [0.1, 0.15) is 23.9 Å². The molecule has 0 spiro atoms. The van der Waals surface area contributed by atoms with E-state index in [1.165, 1.54) is 18.2 Å². The Balaban J connectivity index is 2.48. The highest BCUT2D eigenvalue weighted by atomic mass is 19.1. The van der Waals surface area contributed by atoms with Crippen LogP contribution in [0.25, 0.3) is 0 Å². The third-order valence-electron chi connectivity index (χ3n) is 2.80. The smallest absolute Gasteiger partial charge is 0.227 e. The van der Waals surface area contributed by atoms with Crippen molar-refractivity contribution in [2.45, 2.75) is 20.3 Å². The summed E-state index contributed by atoms with van der Waals surface area (Å²) in [6.07, 6.45) is 0.592. The molecular weight excluding hydrogens is 259 g/mol. The molecule has 0 aliphatic rings. The van der Waals surface area contributed by atoms with E-state index in [-0.39, 0.29) is 17.2 Å². The summed E-state index contributed by atoms with van der Waals surface area (Å²) in [6.45, 7) is 3.59. The van der Waals surface area contributed by atoms with Gasteiger partial charge in [0.1, 0.15) is 34.8 Å². The molecule has 0 saturated heterocycles. The van der Waals surface area contributed by atoms with E-state index in [4.69, 9.17) is 15.7 Å². The van der Waals surface area contributed by atoms with Gasteiger partial charge in [0.15, 0.2) is 0 Å². The summed E-state index contributed by atoms with van der Waals surface area (Å²) in [6, 6.07) is 5.94. The van der Waals surface area contributed by atoms with Crippen molar-refractivity contribution in [2.24, 2.45) is 0 Å². The minimum Gasteiger partial charge on any atom is -0.437 e. The molecule has 5 nitrogen and oxygen atoms in total. The van der Waals surface area contributed by atoms with Crippen molar-refractivity contribution in [3.63, 3.8) is 0 Å². The Bertz CT molecular complexity index is 694. The lowest BCUT2D eigenvalue weighted by Crippen LogP contribution is -2.05. The van der Waals surface area contributed by atoms with Gasteiger partial charge in [-0.2, -0.15) is 10.2 Å². The fourth-order valence-electron chi connectivity index (χ4n) is 1.62. The monoisotopic (exact) mass is 272 g/mol. The number of aromatic nitrogens is 2. The van der Waals surface area contributed by atoms with E-state index in [0.29, 0.717) is 23.6 Å². The van der Waals surface area contributed by atoms with Gasteiger partial charge in [0.05, 0.1) is 5.56 Å². The number of ether oxygens (including phenoxy) is 1. The van der Waals surface area contributed by atoms with Crippen LogP contribution in [0.4, 0.5) is 10.2 Å². The number of halogens is 1. The Hall–Kier alpha value is -2.68. The second kappa shape index (κ2) is 5.53. The Morgan fingerprint density at radius 1 is 1.40 bits per heavy atom. The molecule has 0 unspecified atom stereocenters. The Kier molecular flexibility index (Phi) is 3.80. The van der Waals surface area contributed by atoms with E-state index in [0.717, 1.165) is 0 Å². The maximum atomic E-state index is 13.5. The van der Waals surface area contributed by atoms with Gasteiger partial charge < -0.3 is 10.5 Å². The van der Waals surface area contributed by atoms with E-state index < -0.39 is 5.82 Å². The molecule has 0 atom stereocenters. The molecule has 0 fully saturated rings. The molecule has 2 rings (SSSR count). The summed E-state index contributed by atoms with van der Waals surface area (Å²) in [4.78, 5) is 8.31. The molecule has 2 N–H and O–H groups in total. The normalized spacial score (nSPS) is 10.1. The van der Waals surface area contributed by atoms with Crippen LogP contribution < -0.4 is 10.5 Å². The molecule has 1 aromatic carbocycles. The molecule has 0 aliphatic carbocycles.